The van der Waals surface area contributed by atoms with Crippen molar-refractivity contribution < 1.29 is 14.6 Å². The van der Waals surface area contributed by atoms with Crippen LogP contribution in [0.3, 0.4) is 0 Å². The minimum absolute atomic E-state index is 0.0377. The SMILES string of the molecule is O=C(O)CNc1ccccc1.c1ccc2c(c1)Cc1ccccc1O2. The Morgan fingerprint density at radius 2 is 1.36 bits per heavy atom. The second kappa shape index (κ2) is 8.02. The Labute approximate surface area is 146 Å². The summed E-state index contributed by atoms with van der Waals surface area (Å²) in [5, 5.41) is 11.1. The fourth-order valence-electron chi connectivity index (χ4n) is 2.56. The van der Waals surface area contributed by atoms with Gasteiger partial charge < -0.3 is 15.2 Å². The van der Waals surface area contributed by atoms with Crippen LogP contribution in [0.5, 0.6) is 11.5 Å². The number of carboxylic acid groups (broad SMARTS) is 1. The zero-order chi connectivity index (χ0) is 17.5. The number of hydrogen-bond donors (Lipinski definition) is 2. The fraction of sp³-hybridized carbons (Fsp3) is 0.0952. The van der Waals surface area contributed by atoms with Crippen molar-refractivity contribution in [2.75, 3.05) is 11.9 Å². The van der Waals surface area contributed by atoms with Gasteiger partial charge in [0.05, 0.1) is 0 Å². The summed E-state index contributed by atoms with van der Waals surface area (Å²) in [4.78, 5) is 10.1. The van der Waals surface area contributed by atoms with Crippen LogP contribution in [-0.2, 0) is 11.2 Å². The number of aliphatic carboxylic acids is 1. The van der Waals surface area contributed by atoms with E-state index in [1.807, 2.05) is 54.6 Å². The Kier molecular flexibility index (Phi) is 5.32. The van der Waals surface area contributed by atoms with Crippen LogP contribution in [-0.4, -0.2) is 17.6 Å². The molecule has 4 nitrogen and oxygen atoms in total. The fourth-order valence-corrected chi connectivity index (χ4v) is 2.56. The lowest BCUT2D eigenvalue weighted by Crippen LogP contribution is -2.11. The molecule has 3 aromatic rings. The molecule has 1 aliphatic rings. The Morgan fingerprint density at radius 3 is 1.92 bits per heavy atom. The van der Waals surface area contributed by atoms with Crippen LogP contribution in [0.25, 0.3) is 0 Å². The van der Waals surface area contributed by atoms with Crippen LogP contribution in [0.4, 0.5) is 5.69 Å². The van der Waals surface area contributed by atoms with Gasteiger partial charge in [0.25, 0.3) is 0 Å². The van der Waals surface area contributed by atoms with Gasteiger partial charge in [-0.05, 0) is 35.4 Å². The van der Waals surface area contributed by atoms with E-state index < -0.39 is 5.97 Å². The largest absolute Gasteiger partial charge is 0.480 e. The van der Waals surface area contributed by atoms with Crippen LogP contribution in [0, 0.1) is 0 Å². The first-order valence-electron chi connectivity index (χ1n) is 8.07. The maximum Gasteiger partial charge on any atom is 0.322 e. The molecule has 126 valence electrons. The summed E-state index contributed by atoms with van der Waals surface area (Å²) in [5.74, 6) is 1.13. The second-order valence-electron chi connectivity index (χ2n) is 5.61. The predicted molar refractivity (Wildman–Crippen MR) is 98.3 cm³/mol. The number of para-hydroxylation sites is 3. The van der Waals surface area contributed by atoms with Gasteiger partial charge in [-0.3, -0.25) is 4.79 Å². The number of anilines is 1. The van der Waals surface area contributed by atoms with Gasteiger partial charge in [-0.2, -0.15) is 0 Å². The van der Waals surface area contributed by atoms with E-state index in [1.165, 1.54) is 11.1 Å². The summed E-state index contributed by atoms with van der Waals surface area (Å²) in [6.45, 7) is -0.0377. The zero-order valence-corrected chi connectivity index (χ0v) is 13.7. The van der Waals surface area contributed by atoms with Crippen LogP contribution in [0.1, 0.15) is 11.1 Å². The number of ether oxygens (including phenoxy) is 1. The first kappa shape index (κ1) is 16.6. The highest BCUT2D eigenvalue weighted by Crippen LogP contribution is 2.35. The van der Waals surface area contributed by atoms with Gasteiger partial charge in [0.15, 0.2) is 0 Å². The molecule has 0 amide bonds. The van der Waals surface area contributed by atoms with Crippen LogP contribution >= 0.6 is 0 Å². The lowest BCUT2D eigenvalue weighted by Gasteiger charge is -2.19. The topological polar surface area (TPSA) is 58.6 Å². The van der Waals surface area contributed by atoms with E-state index in [9.17, 15) is 4.79 Å². The van der Waals surface area contributed by atoms with Crippen LogP contribution in [0.15, 0.2) is 78.9 Å². The third kappa shape index (κ3) is 4.61. The quantitative estimate of drug-likeness (QED) is 0.577. The van der Waals surface area contributed by atoms with Crippen molar-refractivity contribution in [1.29, 1.82) is 0 Å². The van der Waals surface area contributed by atoms with E-state index in [-0.39, 0.29) is 6.54 Å². The monoisotopic (exact) mass is 333 g/mol. The maximum atomic E-state index is 10.1. The van der Waals surface area contributed by atoms with Crippen molar-refractivity contribution in [2.45, 2.75) is 6.42 Å². The first-order chi connectivity index (χ1) is 12.2. The van der Waals surface area contributed by atoms with Gasteiger partial charge >= 0.3 is 5.97 Å². The Balaban J connectivity index is 0.000000151. The molecule has 1 heterocycles. The van der Waals surface area contributed by atoms with Crippen molar-refractivity contribution >= 4 is 11.7 Å². The van der Waals surface area contributed by atoms with Crippen LogP contribution in [0.2, 0.25) is 0 Å². The van der Waals surface area contributed by atoms with Crippen molar-refractivity contribution in [3.63, 3.8) is 0 Å². The summed E-state index contributed by atoms with van der Waals surface area (Å²) in [5.41, 5.74) is 3.37. The molecule has 3 aromatic carbocycles. The smallest absolute Gasteiger partial charge is 0.322 e. The van der Waals surface area contributed by atoms with Gasteiger partial charge in [-0.15, -0.1) is 0 Å². The predicted octanol–water partition coefficient (Wildman–Crippen LogP) is 4.57. The van der Waals surface area contributed by atoms with E-state index >= 15 is 0 Å². The zero-order valence-electron chi connectivity index (χ0n) is 13.7. The molecular formula is C21H19NO3. The third-order valence-electron chi connectivity index (χ3n) is 3.76. The number of benzene rings is 3. The third-order valence-corrected chi connectivity index (χ3v) is 3.76. The molecule has 0 fully saturated rings. The van der Waals surface area contributed by atoms with Crippen molar-refractivity contribution in [2.24, 2.45) is 0 Å². The van der Waals surface area contributed by atoms with E-state index in [2.05, 4.69) is 29.6 Å². The average molecular weight is 333 g/mol. The number of carboxylic acids is 1. The lowest BCUT2D eigenvalue weighted by molar-refractivity contribution is -0.134. The van der Waals surface area contributed by atoms with Crippen molar-refractivity contribution in [1.82, 2.24) is 0 Å². The summed E-state index contributed by atoms with van der Waals surface area (Å²) in [6, 6.07) is 25.6. The Hall–Kier alpha value is -3.27. The molecule has 4 heteroatoms. The highest BCUT2D eigenvalue weighted by molar-refractivity contribution is 5.72. The minimum atomic E-state index is -0.853. The second-order valence-corrected chi connectivity index (χ2v) is 5.61. The molecule has 0 radical (unpaired) electrons. The number of hydrogen-bond acceptors (Lipinski definition) is 3. The molecule has 0 saturated carbocycles. The highest BCUT2D eigenvalue weighted by atomic mass is 16.5. The normalized spacial score (nSPS) is 11.0. The Morgan fingerprint density at radius 1 is 0.840 bits per heavy atom. The van der Waals surface area contributed by atoms with E-state index in [0.717, 1.165) is 23.6 Å². The van der Waals surface area contributed by atoms with Gasteiger partial charge in [0, 0.05) is 12.1 Å². The van der Waals surface area contributed by atoms with E-state index in [0.29, 0.717) is 0 Å². The van der Waals surface area contributed by atoms with E-state index in [1.54, 1.807) is 0 Å². The molecule has 2 N–H and O–H groups in total. The maximum absolute atomic E-state index is 10.1. The first-order valence-corrected chi connectivity index (χ1v) is 8.07. The molecule has 0 aliphatic carbocycles. The average Bonchev–Trinajstić information content (AvgIpc) is 2.66. The summed E-state index contributed by atoms with van der Waals surface area (Å²) in [6.07, 6.45) is 0.979. The highest BCUT2D eigenvalue weighted by Gasteiger charge is 2.14. The molecule has 0 bridgehead atoms. The number of carbonyl (C=O) groups is 1. The molecule has 0 atom stereocenters. The van der Waals surface area contributed by atoms with Crippen molar-refractivity contribution in [3.05, 3.63) is 90.0 Å². The lowest BCUT2D eigenvalue weighted by atomic mass is 10.0. The standard InChI is InChI=1S/C13H10O.C8H9NO2/c1-3-7-12-10(5-1)9-11-6-2-4-8-13(11)14-12;10-8(11)6-9-7-4-2-1-3-5-7/h1-8H,9H2;1-5,9H,6H2,(H,10,11). The molecule has 0 saturated heterocycles. The molecular weight excluding hydrogens is 314 g/mol. The number of rotatable bonds is 3. The van der Waals surface area contributed by atoms with Gasteiger partial charge in [-0.25, -0.2) is 0 Å². The Bertz CT molecular complexity index is 759. The molecule has 0 spiro atoms. The minimum Gasteiger partial charge on any atom is -0.480 e. The van der Waals surface area contributed by atoms with E-state index in [4.69, 9.17) is 9.84 Å². The molecule has 1 aliphatic heterocycles. The molecule has 0 aromatic heterocycles. The van der Waals surface area contributed by atoms with Crippen LogP contribution < -0.4 is 10.1 Å². The van der Waals surface area contributed by atoms with Gasteiger partial charge in [0.1, 0.15) is 18.0 Å². The van der Waals surface area contributed by atoms with Gasteiger partial charge in [0.2, 0.25) is 0 Å². The van der Waals surface area contributed by atoms with Gasteiger partial charge in [-0.1, -0.05) is 54.6 Å². The summed E-state index contributed by atoms with van der Waals surface area (Å²) < 4.78 is 5.78. The van der Waals surface area contributed by atoms with Crippen molar-refractivity contribution in [3.8, 4) is 11.5 Å². The summed E-state index contributed by atoms with van der Waals surface area (Å²) >= 11 is 0. The molecule has 25 heavy (non-hydrogen) atoms. The number of nitrogens with one attached hydrogen (secondary N) is 1. The summed E-state index contributed by atoms with van der Waals surface area (Å²) in [7, 11) is 0. The number of fused-ring (bicyclic) bond motifs is 2. The molecule has 4 rings (SSSR count). The molecule has 0 unspecified atom stereocenters.